The van der Waals surface area contributed by atoms with Crippen LogP contribution in [0, 0.1) is 13.8 Å². The normalized spacial score (nSPS) is 19.0. The van der Waals surface area contributed by atoms with Crippen molar-refractivity contribution >= 4 is 40.1 Å². The lowest BCUT2D eigenvalue weighted by Gasteiger charge is -2.35. The zero-order chi connectivity index (χ0) is 25.2. The number of benzene rings is 3. The van der Waals surface area contributed by atoms with Crippen LogP contribution in [0.25, 0.3) is 10.9 Å². The number of amides is 4. The van der Waals surface area contributed by atoms with E-state index >= 15 is 0 Å². The van der Waals surface area contributed by atoms with E-state index in [4.69, 9.17) is 0 Å². The quantitative estimate of drug-likeness (QED) is 0.393. The minimum atomic E-state index is -1.11. The summed E-state index contributed by atoms with van der Waals surface area (Å²) in [5, 5.41) is 4.03. The highest BCUT2D eigenvalue weighted by Gasteiger charge is 2.59. The number of aromatic nitrogens is 1. The fourth-order valence-electron chi connectivity index (χ4n) is 5.45. The second-order valence-electron chi connectivity index (χ2n) is 9.74. The number of anilines is 2. The molecule has 6 rings (SSSR count). The van der Waals surface area contributed by atoms with Crippen LogP contribution in [-0.4, -0.2) is 34.3 Å². The Hall–Kier alpha value is -4.39. The molecule has 180 valence electrons. The minimum Gasteiger partial charge on any atom is -0.356 e. The number of carbonyl (C=O) groups excluding carboxylic acids is 3. The van der Waals surface area contributed by atoms with Gasteiger partial charge in [-0.05, 0) is 80.3 Å². The summed E-state index contributed by atoms with van der Waals surface area (Å²) in [7, 11) is 0. The summed E-state index contributed by atoms with van der Waals surface area (Å²) in [5.41, 5.74) is 5.40. The Kier molecular flexibility index (Phi) is 4.80. The molecule has 4 amide bonds. The van der Waals surface area contributed by atoms with Gasteiger partial charge in [-0.15, -0.1) is 0 Å². The van der Waals surface area contributed by atoms with Crippen molar-refractivity contribution in [2.75, 3.05) is 16.8 Å². The zero-order valence-corrected chi connectivity index (χ0v) is 20.4. The van der Waals surface area contributed by atoms with E-state index < -0.39 is 5.54 Å². The number of aromatic amines is 1. The Bertz CT molecular complexity index is 1570. The molecule has 0 aliphatic carbocycles. The van der Waals surface area contributed by atoms with E-state index in [0.717, 1.165) is 39.0 Å². The van der Waals surface area contributed by atoms with Gasteiger partial charge < -0.3 is 15.2 Å². The highest BCUT2D eigenvalue weighted by atomic mass is 16.2. The second-order valence-corrected chi connectivity index (χ2v) is 9.74. The van der Waals surface area contributed by atoms with Gasteiger partial charge in [-0.25, -0.2) is 9.69 Å². The van der Waals surface area contributed by atoms with Crippen LogP contribution < -0.4 is 10.2 Å². The zero-order valence-electron chi connectivity index (χ0n) is 20.4. The van der Waals surface area contributed by atoms with Gasteiger partial charge in [-0.1, -0.05) is 30.3 Å². The molecule has 2 aliphatic rings. The third kappa shape index (κ3) is 3.09. The molecule has 3 aromatic carbocycles. The molecule has 0 bridgehead atoms. The number of hydrogen-bond donors (Lipinski definition) is 2. The largest absolute Gasteiger partial charge is 0.356 e. The van der Waals surface area contributed by atoms with Crippen LogP contribution in [-0.2, 0) is 16.8 Å². The summed E-state index contributed by atoms with van der Waals surface area (Å²) in [4.78, 5) is 46.4. The topological polar surface area (TPSA) is 85.5 Å². The van der Waals surface area contributed by atoms with E-state index in [2.05, 4.69) is 10.3 Å². The van der Waals surface area contributed by atoms with Crippen LogP contribution in [0.3, 0.4) is 0 Å². The maximum atomic E-state index is 13.8. The predicted molar refractivity (Wildman–Crippen MR) is 139 cm³/mol. The van der Waals surface area contributed by atoms with Crippen molar-refractivity contribution in [3.05, 3.63) is 94.7 Å². The van der Waals surface area contributed by atoms with E-state index in [9.17, 15) is 14.4 Å². The highest BCUT2D eigenvalue weighted by Crippen LogP contribution is 2.45. The number of rotatable bonds is 3. The van der Waals surface area contributed by atoms with Gasteiger partial charge in [0.15, 0.2) is 5.54 Å². The van der Waals surface area contributed by atoms with Crippen molar-refractivity contribution in [1.82, 2.24) is 9.88 Å². The van der Waals surface area contributed by atoms with Crippen LogP contribution in [0.1, 0.15) is 39.7 Å². The van der Waals surface area contributed by atoms with Crippen molar-refractivity contribution in [3.63, 3.8) is 0 Å². The average molecular weight is 479 g/mol. The van der Waals surface area contributed by atoms with Gasteiger partial charge in [-0.3, -0.25) is 9.59 Å². The number of imide groups is 1. The minimum absolute atomic E-state index is 0.249. The Morgan fingerprint density at radius 3 is 2.53 bits per heavy atom. The monoisotopic (exact) mass is 478 g/mol. The molecular weight excluding hydrogens is 452 g/mol. The molecule has 0 spiro atoms. The molecule has 0 unspecified atom stereocenters. The van der Waals surface area contributed by atoms with E-state index in [1.165, 1.54) is 4.90 Å². The van der Waals surface area contributed by atoms with E-state index in [-0.39, 0.29) is 17.8 Å². The summed E-state index contributed by atoms with van der Waals surface area (Å²) in [6.45, 7) is 6.19. The number of aryl methyl sites for hydroxylation is 2. The van der Waals surface area contributed by atoms with Gasteiger partial charge in [0.05, 0.1) is 11.4 Å². The van der Waals surface area contributed by atoms with Crippen molar-refractivity contribution in [1.29, 1.82) is 0 Å². The molecule has 4 aromatic rings. The molecule has 1 atom stereocenters. The fourth-order valence-corrected chi connectivity index (χ4v) is 5.45. The van der Waals surface area contributed by atoms with Crippen LogP contribution >= 0.6 is 0 Å². The lowest BCUT2D eigenvalue weighted by molar-refractivity contribution is -0.125. The van der Waals surface area contributed by atoms with Crippen molar-refractivity contribution in [3.8, 4) is 0 Å². The Labute approximate surface area is 208 Å². The molecule has 36 heavy (non-hydrogen) atoms. The molecule has 1 saturated heterocycles. The van der Waals surface area contributed by atoms with Gasteiger partial charge >= 0.3 is 6.03 Å². The van der Waals surface area contributed by atoms with Crippen molar-refractivity contribution < 1.29 is 14.4 Å². The first-order valence-corrected chi connectivity index (χ1v) is 12.0. The summed E-state index contributed by atoms with van der Waals surface area (Å²) in [6.07, 6.45) is 0.680. The van der Waals surface area contributed by atoms with Gasteiger partial charge in [0.1, 0.15) is 0 Å². The number of hydrogen-bond acceptors (Lipinski definition) is 3. The lowest BCUT2D eigenvalue weighted by atomic mass is 9.87. The van der Waals surface area contributed by atoms with Crippen LogP contribution in [0.4, 0.5) is 16.2 Å². The van der Waals surface area contributed by atoms with E-state index in [1.54, 1.807) is 29.2 Å². The van der Waals surface area contributed by atoms with E-state index in [1.807, 2.05) is 63.2 Å². The van der Waals surface area contributed by atoms with Crippen LogP contribution in [0.5, 0.6) is 0 Å². The number of H-pyrrole nitrogens is 1. The van der Waals surface area contributed by atoms with Gasteiger partial charge in [0.25, 0.3) is 11.8 Å². The third-order valence-corrected chi connectivity index (χ3v) is 7.50. The van der Waals surface area contributed by atoms with Crippen molar-refractivity contribution in [2.45, 2.75) is 32.7 Å². The SMILES string of the molecule is Cc1ccc(C)c(NC(=O)c2ccc(N3C(=O)N4CCc5c([nH]c6ccccc56)[C@@]4(C)C3=O)cc2)c1. The maximum absolute atomic E-state index is 13.8. The van der Waals surface area contributed by atoms with Crippen LogP contribution in [0.15, 0.2) is 66.7 Å². The summed E-state index contributed by atoms with van der Waals surface area (Å²) in [6, 6.07) is 20.1. The second kappa shape index (κ2) is 7.81. The average Bonchev–Trinajstić information content (AvgIpc) is 3.35. The van der Waals surface area contributed by atoms with Crippen molar-refractivity contribution in [2.24, 2.45) is 0 Å². The first kappa shape index (κ1) is 22.1. The fraction of sp³-hybridized carbons (Fsp3) is 0.207. The Balaban J connectivity index is 1.30. The summed E-state index contributed by atoms with van der Waals surface area (Å²) in [5.74, 6) is -0.547. The molecule has 2 aliphatic heterocycles. The first-order valence-electron chi connectivity index (χ1n) is 12.0. The molecule has 7 nitrogen and oxygen atoms in total. The molecule has 7 heteroatoms. The number of fused-ring (bicyclic) bond motifs is 5. The number of nitrogens with one attached hydrogen (secondary N) is 2. The molecule has 0 saturated carbocycles. The Morgan fingerprint density at radius 1 is 1.00 bits per heavy atom. The first-order chi connectivity index (χ1) is 17.3. The lowest BCUT2D eigenvalue weighted by Crippen LogP contribution is -2.49. The van der Waals surface area contributed by atoms with Gasteiger partial charge in [0.2, 0.25) is 0 Å². The molecule has 3 heterocycles. The predicted octanol–water partition coefficient (Wildman–Crippen LogP) is 5.28. The number of carbonyl (C=O) groups is 3. The number of para-hydroxylation sites is 1. The smallest absolute Gasteiger partial charge is 0.332 e. The molecule has 1 fully saturated rings. The van der Waals surface area contributed by atoms with Gasteiger partial charge in [0, 0.05) is 28.7 Å². The number of urea groups is 1. The highest BCUT2D eigenvalue weighted by molar-refractivity contribution is 6.23. The summed E-state index contributed by atoms with van der Waals surface area (Å²) < 4.78 is 0. The maximum Gasteiger partial charge on any atom is 0.332 e. The summed E-state index contributed by atoms with van der Waals surface area (Å²) >= 11 is 0. The van der Waals surface area contributed by atoms with E-state index in [0.29, 0.717) is 24.2 Å². The molecular formula is C29H26N4O3. The standard InChI is InChI=1S/C29H26N4O3/c1-17-8-9-18(2)24(16-17)31-26(34)19-10-12-20(13-11-19)33-27(35)29(3)25-22(14-15-32(29)28(33)36)21-6-4-5-7-23(21)30-25/h4-13,16,30H,14-15H2,1-3H3,(H,31,34)/t29-/m0/s1. The third-order valence-electron chi connectivity index (χ3n) is 7.50. The number of nitrogens with zero attached hydrogens (tertiary/aromatic N) is 2. The Morgan fingerprint density at radius 2 is 1.75 bits per heavy atom. The molecule has 0 radical (unpaired) electrons. The van der Waals surface area contributed by atoms with Gasteiger partial charge in [-0.2, -0.15) is 0 Å². The van der Waals surface area contributed by atoms with Crippen LogP contribution in [0.2, 0.25) is 0 Å². The molecule has 1 aromatic heterocycles. The molecule has 2 N–H and O–H groups in total.